The third-order valence-corrected chi connectivity index (χ3v) is 6.11. The molecule has 3 heterocycles. The van der Waals surface area contributed by atoms with Crippen LogP contribution >= 0.6 is 11.3 Å². The van der Waals surface area contributed by atoms with Gasteiger partial charge in [0.1, 0.15) is 0 Å². The lowest BCUT2D eigenvalue weighted by molar-refractivity contribution is 0.0824. The van der Waals surface area contributed by atoms with Gasteiger partial charge in [0, 0.05) is 52.4 Å². The number of aliphatic imine (C=N–C) groups is 1. The molecule has 2 N–H and O–H groups in total. The van der Waals surface area contributed by atoms with Crippen molar-refractivity contribution in [1.82, 2.24) is 15.1 Å². The Morgan fingerprint density at radius 1 is 1.23 bits per heavy atom. The summed E-state index contributed by atoms with van der Waals surface area (Å²) in [5, 5.41) is 16.6. The molecule has 0 aromatic carbocycles. The first-order valence-electron chi connectivity index (χ1n) is 9.98. The molecule has 0 amide bonds. The molecule has 2 aliphatic heterocycles. The fourth-order valence-electron chi connectivity index (χ4n) is 3.64. The fraction of sp³-hybridized carbons (Fsp3) is 0.737. The van der Waals surface area contributed by atoms with E-state index in [0.717, 1.165) is 84.1 Å². The summed E-state index contributed by atoms with van der Waals surface area (Å²) >= 11 is 1.82. The molecule has 2 fully saturated rings. The average Bonchev–Trinajstić information content (AvgIpc) is 3.21. The maximum absolute atomic E-state index is 9.59. The third-order valence-electron chi connectivity index (χ3n) is 5.18. The second kappa shape index (κ2) is 10.1. The summed E-state index contributed by atoms with van der Waals surface area (Å²) in [7, 11) is 0. The van der Waals surface area contributed by atoms with E-state index in [1.165, 1.54) is 5.00 Å². The Labute approximate surface area is 161 Å². The molecule has 0 saturated carbocycles. The summed E-state index contributed by atoms with van der Waals surface area (Å²) in [6, 6.07) is 4.33. The molecule has 2 saturated heterocycles. The van der Waals surface area contributed by atoms with Gasteiger partial charge in [0.15, 0.2) is 5.96 Å². The van der Waals surface area contributed by atoms with Gasteiger partial charge in [-0.15, -0.1) is 11.3 Å². The molecule has 0 aliphatic carbocycles. The number of aliphatic hydroxyl groups is 1. The maximum Gasteiger partial charge on any atom is 0.194 e. The van der Waals surface area contributed by atoms with Crippen molar-refractivity contribution in [3.8, 4) is 0 Å². The Morgan fingerprint density at radius 3 is 2.65 bits per heavy atom. The quantitative estimate of drug-likeness (QED) is 0.447. The van der Waals surface area contributed by atoms with Crippen LogP contribution in [0.5, 0.6) is 0 Å². The Morgan fingerprint density at radius 2 is 2.00 bits per heavy atom. The molecular formula is C19H33N5OS. The zero-order chi connectivity index (χ0) is 18.2. The number of nitrogens with zero attached hydrogens (tertiary/aromatic N) is 4. The molecule has 0 unspecified atom stereocenters. The van der Waals surface area contributed by atoms with Gasteiger partial charge in [-0.2, -0.15) is 0 Å². The maximum atomic E-state index is 9.59. The smallest absolute Gasteiger partial charge is 0.194 e. The van der Waals surface area contributed by atoms with Crippen LogP contribution in [0.1, 0.15) is 26.2 Å². The first-order valence-corrected chi connectivity index (χ1v) is 10.9. The Kier molecular flexibility index (Phi) is 7.58. The van der Waals surface area contributed by atoms with E-state index in [2.05, 4.69) is 44.5 Å². The van der Waals surface area contributed by atoms with Gasteiger partial charge >= 0.3 is 0 Å². The molecule has 7 heteroatoms. The summed E-state index contributed by atoms with van der Waals surface area (Å²) < 4.78 is 0. The molecule has 6 nitrogen and oxygen atoms in total. The van der Waals surface area contributed by atoms with Crippen LogP contribution in [0.3, 0.4) is 0 Å². The van der Waals surface area contributed by atoms with E-state index in [0.29, 0.717) is 0 Å². The summed E-state index contributed by atoms with van der Waals surface area (Å²) in [6.07, 6.45) is 2.83. The summed E-state index contributed by atoms with van der Waals surface area (Å²) in [5.41, 5.74) is 0. The Hall–Kier alpha value is -1.31. The molecule has 26 heavy (non-hydrogen) atoms. The van der Waals surface area contributed by atoms with Crippen LogP contribution in [0.4, 0.5) is 5.00 Å². The second-order valence-corrected chi connectivity index (χ2v) is 8.01. The summed E-state index contributed by atoms with van der Waals surface area (Å²) in [6.45, 7) is 11.2. The van der Waals surface area contributed by atoms with Gasteiger partial charge in [-0.3, -0.25) is 4.99 Å². The van der Waals surface area contributed by atoms with E-state index in [9.17, 15) is 5.11 Å². The normalized spacial score (nSPS) is 20.6. The van der Waals surface area contributed by atoms with E-state index < -0.39 is 0 Å². The van der Waals surface area contributed by atoms with Gasteiger partial charge in [-0.25, -0.2) is 0 Å². The SMILES string of the molecule is CCNC(=NCCCN1CCC(O)CC1)N1CCN(c2cccs2)CC1. The van der Waals surface area contributed by atoms with Gasteiger partial charge in [0.2, 0.25) is 0 Å². The third kappa shape index (κ3) is 5.59. The summed E-state index contributed by atoms with van der Waals surface area (Å²) in [5.74, 6) is 1.06. The van der Waals surface area contributed by atoms with Crippen molar-refractivity contribution in [3.05, 3.63) is 17.5 Å². The highest BCUT2D eigenvalue weighted by atomic mass is 32.1. The number of anilines is 1. The first kappa shape index (κ1) is 19.5. The number of aliphatic hydroxyl groups excluding tert-OH is 1. The lowest BCUT2D eigenvalue weighted by Gasteiger charge is -2.37. The topological polar surface area (TPSA) is 54.3 Å². The number of guanidine groups is 1. The van der Waals surface area contributed by atoms with Crippen LogP contribution in [-0.2, 0) is 0 Å². The van der Waals surface area contributed by atoms with Crippen molar-refractivity contribution in [1.29, 1.82) is 0 Å². The highest BCUT2D eigenvalue weighted by Gasteiger charge is 2.20. The number of likely N-dealkylation sites (tertiary alicyclic amines) is 1. The van der Waals surface area contributed by atoms with Gasteiger partial charge in [-0.1, -0.05) is 0 Å². The number of hydrogen-bond donors (Lipinski definition) is 2. The standard InChI is InChI=1S/C19H33N5OS/c1-2-20-19(21-8-4-9-22-10-6-17(25)7-11-22)24-14-12-23(13-15-24)18-5-3-16-26-18/h3,5,16-17,25H,2,4,6-15H2,1H3,(H,20,21). The minimum Gasteiger partial charge on any atom is -0.393 e. The highest BCUT2D eigenvalue weighted by molar-refractivity contribution is 7.14. The lowest BCUT2D eigenvalue weighted by Crippen LogP contribution is -2.52. The second-order valence-electron chi connectivity index (χ2n) is 7.09. The van der Waals surface area contributed by atoms with E-state index in [4.69, 9.17) is 4.99 Å². The largest absolute Gasteiger partial charge is 0.393 e. The molecule has 1 aromatic heterocycles. The van der Waals surface area contributed by atoms with Crippen LogP contribution in [0, 0.1) is 0 Å². The molecular weight excluding hydrogens is 346 g/mol. The van der Waals surface area contributed by atoms with Crippen LogP contribution in [-0.4, -0.2) is 85.9 Å². The zero-order valence-electron chi connectivity index (χ0n) is 15.9. The molecule has 0 atom stereocenters. The first-order chi connectivity index (χ1) is 12.8. The number of piperazine rings is 1. The summed E-state index contributed by atoms with van der Waals surface area (Å²) in [4.78, 5) is 12.2. The molecule has 0 bridgehead atoms. The van der Waals surface area contributed by atoms with Crippen molar-refractivity contribution in [2.24, 2.45) is 4.99 Å². The van der Waals surface area contributed by atoms with Gasteiger partial charge < -0.3 is 25.1 Å². The predicted molar refractivity (Wildman–Crippen MR) is 110 cm³/mol. The molecule has 2 aliphatic rings. The van der Waals surface area contributed by atoms with Crippen molar-refractivity contribution >= 4 is 22.3 Å². The van der Waals surface area contributed by atoms with Gasteiger partial charge in [-0.05, 0) is 50.2 Å². The van der Waals surface area contributed by atoms with Crippen LogP contribution in [0.25, 0.3) is 0 Å². The molecule has 3 rings (SSSR count). The number of nitrogens with one attached hydrogen (secondary N) is 1. The van der Waals surface area contributed by atoms with E-state index in [1.807, 2.05) is 11.3 Å². The molecule has 146 valence electrons. The predicted octanol–water partition coefficient (Wildman–Crippen LogP) is 1.68. The average molecular weight is 380 g/mol. The number of piperidine rings is 1. The Bertz CT molecular complexity index is 534. The van der Waals surface area contributed by atoms with Gasteiger partial charge in [0.05, 0.1) is 11.1 Å². The zero-order valence-corrected chi connectivity index (χ0v) is 16.8. The minimum atomic E-state index is -0.0857. The molecule has 1 aromatic rings. The fourth-order valence-corrected chi connectivity index (χ4v) is 4.42. The number of thiophene rings is 1. The number of hydrogen-bond acceptors (Lipinski definition) is 5. The minimum absolute atomic E-state index is 0.0857. The van der Waals surface area contributed by atoms with Crippen molar-refractivity contribution in [2.75, 3.05) is 63.8 Å². The van der Waals surface area contributed by atoms with Crippen LogP contribution < -0.4 is 10.2 Å². The van der Waals surface area contributed by atoms with Crippen molar-refractivity contribution in [3.63, 3.8) is 0 Å². The lowest BCUT2D eigenvalue weighted by atomic mass is 10.1. The Balaban J connectivity index is 1.42. The van der Waals surface area contributed by atoms with Gasteiger partial charge in [0.25, 0.3) is 0 Å². The molecule has 0 radical (unpaired) electrons. The molecule has 0 spiro atoms. The highest BCUT2D eigenvalue weighted by Crippen LogP contribution is 2.22. The van der Waals surface area contributed by atoms with Crippen molar-refractivity contribution < 1.29 is 5.11 Å². The van der Waals surface area contributed by atoms with E-state index in [-0.39, 0.29) is 6.10 Å². The van der Waals surface area contributed by atoms with E-state index >= 15 is 0 Å². The van der Waals surface area contributed by atoms with Crippen LogP contribution in [0.15, 0.2) is 22.5 Å². The van der Waals surface area contributed by atoms with Crippen LogP contribution in [0.2, 0.25) is 0 Å². The number of rotatable bonds is 6. The monoisotopic (exact) mass is 379 g/mol. The van der Waals surface area contributed by atoms with Crippen molar-refractivity contribution in [2.45, 2.75) is 32.3 Å². The van der Waals surface area contributed by atoms with E-state index in [1.54, 1.807) is 0 Å².